The lowest BCUT2D eigenvalue weighted by Crippen LogP contribution is -2.36. The van der Waals surface area contributed by atoms with Gasteiger partial charge in [0.15, 0.2) is 6.61 Å². The lowest BCUT2D eigenvalue weighted by atomic mass is 10.0. The van der Waals surface area contributed by atoms with Gasteiger partial charge in [0.25, 0.3) is 5.91 Å². The molecule has 1 aromatic heterocycles. The molecule has 1 heterocycles. The van der Waals surface area contributed by atoms with Crippen LogP contribution < -0.4 is 10.4 Å². The Bertz CT molecular complexity index is 974. The molecule has 0 unspecified atom stereocenters. The third kappa shape index (κ3) is 3.88. The predicted molar refractivity (Wildman–Crippen MR) is 104 cm³/mol. The minimum Gasteiger partial charge on any atom is -0.482 e. The number of rotatable bonds is 5. The second-order valence-corrected chi connectivity index (χ2v) is 7.66. The van der Waals surface area contributed by atoms with Crippen LogP contribution in [0.1, 0.15) is 44.1 Å². The zero-order valence-electron chi connectivity index (χ0n) is 15.3. The van der Waals surface area contributed by atoms with Crippen LogP contribution in [0.4, 0.5) is 0 Å². The quantitative estimate of drug-likeness (QED) is 0.704. The molecule has 1 amide bonds. The van der Waals surface area contributed by atoms with E-state index >= 15 is 0 Å². The number of hydrogen-bond acceptors (Lipinski definition) is 4. The summed E-state index contributed by atoms with van der Waals surface area (Å²) in [6, 6.07) is 5.02. The van der Waals surface area contributed by atoms with Gasteiger partial charge in [-0.05, 0) is 57.1 Å². The van der Waals surface area contributed by atoms with E-state index in [1.807, 2.05) is 11.8 Å². The van der Waals surface area contributed by atoms with Crippen molar-refractivity contribution in [3.8, 4) is 5.75 Å². The number of hydrogen-bond donors (Lipinski definition) is 0. The maximum absolute atomic E-state index is 12.8. The third-order valence-electron chi connectivity index (χ3n) is 5.11. The standard InChI is InChI=1S/C21H22ClNO4/c1-13-9-21(25)27-18-11-19(17(22)10-16(13)18)26-12-20(24)23(15-7-8-15)14-5-3-2-4-6-14/h5,9-11,15H,2-4,6-8,12H2,1H3. The Hall–Kier alpha value is -2.27. The van der Waals surface area contributed by atoms with Crippen LogP contribution >= 0.6 is 11.6 Å². The SMILES string of the molecule is Cc1cc(=O)oc2cc(OCC(=O)N(C3=CCCCC3)C3CC3)c(Cl)cc12. The normalized spacial score (nSPS) is 16.9. The highest BCUT2D eigenvalue weighted by molar-refractivity contribution is 6.32. The molecule has 27 heavy (non-hydrogen) atoms. The summed E-state index contributed by atoms with van der Waals surface area (Å²) in [5.41, 5.74) is 1.90. The van der Waals surface area contributed by atoms with Crippen molar-refractivity contribution in [2.24, 2.45) is 0 Å². The molecule has 4 rings (SSSR count). The zero-order chi connectivity index (χ0) is 19.0. The lowest BCUT2D eigenvalue weighted by molar-refractivity contribution is -0.132. The molecule has 5 nitrogen and oxygen atoms in total. The highest BCUT2D eigenvalue weighted by Crippen LogP contribution is 2.35. The first-order chi connectivity index (χ1) is 13.0. The Morgan fingerprint density at radius 2 is 2.11 bits per heavy atom. The number of amides is 1. The number of allylic oxidation sites excluding steroid dienone is 2. The molecular weight excluding hydrogens is 366 g/mol. The monoisotopic (exact) mass is 387 g/mol. The molecule has 0 atom stereocenters. The van der Waals surface area contributed by atoms with Gasteiger partial charge in [-0.15, -0.1) is 0 Å². The summed E-state index contributed by atoms with van der Waals surface area (Å²) in [4.78, 5) is 26.3. The molecule has 2 aliphatic rings. The summed E-state index contributed by atoms with van der Waals surface area (Å²) in [7, 11) is 0. The van der Waals surface area contributed by atoms with Crippen molar-refractivity contribution < 1.29 is 13.9 Å². The average Bonchev–Trinajstić information content (AvgIpc) is 3.47. The van der Waals surface area contributed by atoms with E-state index in [4.69, 9.17) is 20.8 Å². The second-order valence-electron chi connectivity index (χ2n) is 7.25. The Kier molecular flexibility index (Phi) is 4.96. The Balaban J connectivity index is 1.53. The van der Waals surface area contributed by atoms with E-state index in [-0.39, 0.29) is 12.5 Å². The van der Waals surface area contributed by atoms with E-state index in [1.165, 1.54) is 12.5 Å². The summed E-state index contributed by atoms with van der Waals surface area (Å²) in [5.74, 6) is 0.298. The van der Waals surface area contributed by atoms with E-state index in [1.54, 1.807) is 12.1 Å². The maximum atomic E-state index is 12.8. The number of carbonyl (C=O) groups is 1. The number of carbonyl (C=O) groups excluding carboxylic acids is 1. The van der Waals surface area contributed by atoms with Gasteiger partial charge in [-0.1, -0.05) is 17.7 Å². The molecular formula is C21H22ClNO4. The van der Waals surface area contributed by atoms with Gasteiger partial charge in [-0.3, -0.25) is 4.79 Å². The van der Waals surface area contributed by atoms with E-state index in [0.29, 0.717) is 22.4 Å². The summed E-state index contributed by atoms with van der Waals surface area (Å²) >= 11 is 6.32. The highest BCUT2D eigenvalue weighted by atomic mass is 35.5. The van der Waals surface area contributed by atoms with Crippen molar-refractivity contribution in [1.29, 1.82) is 0 Å². The number of fused-ring (bicyclic) bond motifs is 1. The molecule has 0 N–H and O–H groups in total. The van der Waals surface area contributed by atoms with E-state index in [2.05, 4.69) is 6.08 Å². The van der Waals surface area contributed by atoms with E-state index in [9.17, 15) is 9.59 Å². The molecule has 1 fully saturated rings. The number of ether oxygens (including phenoxy) is 1. The molecule has 1 aromatic carbocycles. The van der Waals surface area contributed by atoms with Crippen molar-refractivity contribution in [3.63, 3.8) is 0 Å². The zero-order valence-corrected chi connectivity index (χ0v) is 16.1. The molecule has 0 saturated heterocycles. The first kappa shape index (κ1) is 18.1. The summed E-state index contributed by atoms with van der Waals surface area (Å²) in [6.07, 6.45) is 8.56. The molecule has 6 heteroatoms. The van der Waals surface area contributed by atoms with Gasteiger partial charge in [0.05, 0.1) is 5.02 Å². The average molecular weight is 388 g/mol. The summed E-state index contributed by atoms with van der Waals surface area (Å²) in [5, 5.41) is 1.15. The van der Waals surface area contributed by atoms with Gasteiger partial charge in [-0.25, -0.2) is 4.79 Å². The second kappa shape index (κ2) is 7.39. The van der Waals surface area contributed by atoms with Crippen LogP contribution in [0.5, 0.6) is 5.75 Å². The van der Waals surface area contributed by atoms with Gasteiger partial charge in [0.1, 0.15) is 11.3 Å². The van der Waals surface area contributed by atoms with Crippen molar-refractivity contribution in [3.05, 3.63) is 51.0 Å². The third-order valence-corrected chi connectivity index (χ3v) is 5.41. The van der Waals surface area contributed by atoms with E-state index in [0.717, 1.165) is 48.8 Å². The highest BCUT2D eigenvalue weighted by Gasteiger charge is 2.35. The molecule has 0 spiro atoms. The predicted octanol–water partition coefficient (Wildman–Crippen LogP) is 4.58. The van der Waals surface area contributed by atoms with Crippen LogP contribution in [0.3, 0.4) is 0 Å². The molecule has 0 bridgehead atoms. The molecule has 0 aliphatic heterocycles. The molecule has 2 aromatic rings. The van der Waals surface area contributed by atoms with Crippen molar-refractivity contribution in [2.75, 3.05) is 6.61 Å². The van der Waals surface area contributed by atoms with Gasteiger partial charge in [0, 0.05) is 29.3 Å². The molecule has 2 aliphatic carbocycles. The Morgan fingerprint density at radius 3 is 2.81 bits per heavy atom. The minimum atomic E-state index is -0.423. The van der Waals surface area contributed by atoms with Gasteiger partial charge in [-0.2, -0.15) is 0 Å². The van der Waals surface area contributed by atoms with Gasteiger partial charge in [0.2, 0.25) is 0 Å². The van der Waals surface area contributed by atoms with Crippen LogP contribution in [0.25, 0.3) is 11.0 Å². The summed E-state index contributed by atoms with van der Waals surface area (Å²) in [6.45, 7) is 1.74. The fourth-order valence-electron chi connectivity index (χ4n) is 3.61. The van der Waals surface area contributed by atoms with Gasteiger partial charge < -0.3 is 14.1 Å². The van der Waals surface area contributed by atoms with Crippen molar-refractivity contribution in [2.45, 2.75) is 51.5 Å². The lowest BCUT2D eigenvalue weighted by Gasteiger charge is -2.27. The van der Waals surface area contributed by atoms with E-state index < -0.39 is 5.63 Å². The first-order valence-electron chi connectivity index (χ1n) is 9.41. The Labute approximate surface area is 162 Å². The first-order valence-corrected chi connectivity index (χ1v) is 9.78. The van der Waals surface area contributed by atoms with Gasteiger partial charge >= 0.3 is 5.63 Å². The van der Waals surface area contributed by atoms with Crippen molar-refractivity contribution in [1.82, 2.24) is 4.90 Å². The number of nitrogens with zero attached hydrogens (tertiary/aromatic N) is 1. The van der Waals surface area contributed by atoms with Crippen LogP contribution in [-0.2, 0) is 4.79 Å². The largest absolute Gasteiger partial charge is 0.482 e. The maximum Gasteiger partial charge on any atom is 0.336 e. The number of aryl methyl sites for hydroxylation is 1. The summed E-state index contributed by atoms with van der Waals surface area (Å²) < 4.78 is 11.0. The molecule has 142 valence electrons. The van der Waals surface area contributed by atoms with Crippen LogP contribution in [0.2, 0.25) is 5.02 Å². The smallest absolute Gasteiger partial charge is 0.336 e. The van der Waals surface area contributed by atoms with Crippen LogP contribution in [-0.4, -0.2) is 23.5 Å². The van der Waals surface area contributed by atoms with Crippen LogP contribution in [0, 0.1) is 6.92 Å². The van der Waals surface area contributed by atoms with Crippen molar-refractivity contribution >= 4 is 28.5 Å². The van der Waals surface area contributed by atoms with Crippen LogP contribution in [0.15, 0.2) is 39.2 Å². The topological polar surface area (TPSA) is 59.8 Å². The number of halogens is 1. The number of benzene rings is 1. The molecule has 0 radical (unpaired) electrons. The minimum absolute atomic E-state index is 0.0486. The fourth-order valence-corrected chi connectivity index (χ4v) is 3.83. The fraction of sp³-hybridized carbons (Fsp3) is 0.429. The molecule has 1 saturated carbocycles. The Morgan fingerprint density at radius 1 is 1.30 bits per heavy atom.